The van der Waals surface area contributed by atoms with Crippen LogP contribution in [0.5, 0.6) is 0 Å². The van der Waals surface area contributed by atoms with Crippen molar-refractivity contribution in [3.63, 3.8) is 0 Å². The van der Waals surface area contributed by atoms with Crippen LogP contribution in [0.1, 0.15) is 16.7 Å². The predicted molar refractivity (Wildman–Crippen MR) is 47.9 cm³/mol. The first kappa shape index (κ1) is 6.41. The molecule has 0 saturated carbocycles. The molecule has 2 rings (SSSR count). The Morgan fingerprint density at radius 2 is 2.36 bits per heavy atom. The molecule has 0 amide bonds. The van der Waals surface area contributed by atoms with Crippen LogP contribution >= 0.6 is 0 Å². The lowest BCUT2D eigenvalue weighted by Crippen LogP contribution is -1.81. The van der Waals surface area contributed by atoms with E-state index in [1.165, 1.54) is 16.7 Å². The third kappa shape index (κ3) is 1.01. The summed E-state index contributed by atoms with van der Waals surface area (Å²) >= 11 is 0. The van der Waals surface area contributed by atoms with E-state index in [2.05, 4.69) is 30.9 Å². The minimum atomic E-state index is 0.955. The maximum Gasteiger partial charge on any atom is -0.00165 e. The predicted octanol–water partition coefficient (Wildman–Crippen LogP) is 2.70. The Balaban J connectivity index is 2.53. The molecule has 0 spiro atoms. The van der Waals surface area contributed by atoms with Gasteiger partial charge in [-0.05, 0) is 29.2 Å². The van der Waals surface area contributed by atoms with Crippen LogP contribution in [0, 0.1) is 6.08 Å². The lowest BCUT2D eigenvalue weighted by atomic mass is 10.1. The van der Waals surface area contributed by atoms with E-state index in [0.717, 1.165) is 6.42 Å². The quantitative estimate of drug-likeness (QED) is 0.564. The second-order valence-corrected chi connectivity index (χ2v) is 2.69. The second-order valence-electron chi connectivity index (χ2n) is 2.69. The number of benzene rings is 1. The molecule has 53 valence electrons. The molecular formula is C11H9. The molecule has 0 nitrogen and oxygen atoms in total. The van der Waals surface area contributed by atoms with Crippen molar-refractivity contribution in [3.05, 3.63) is 47.5 Å². The van der Waals surface area contributed by atoms with Crippen molar-refractivity contribution >= 4 is 12.2 Å². The Hall–Kier alpha value is -1.30. The van der Waals surface area contributed by atoms with Gasteiger partial charge in [0.25, 0.3) is 0 Å². The molecule has 1 aromatic carbocycles. The van der Waals surface area contributed by atoms with Gasteiger partial charge in [0.05, 0.1) is 0 Å². The van der Waals surface area contributed by atoms with Crippen molar-refractivity contribution in [2.24, 2.45) is 0 Å². The minimum Gasteiger partial charge on any atom is -0.0985 e. The summed E-state index contributed by atoms with van der Waals surface area (Å²) in [4.78, 5) is 0. The maximum atomic E-state index is 3.73. The van der Waals surface area contributed by atoms with Gasteiger partial charge >= 0.3 is 0 Å². The van der Waals surface area contributed by atoms with Gasteiger partial charge in [-0.15, -0.1) is 0 Å². The summed E-state index contributed by atoms with van der Waals surface area (Å²) in [6.07, 6.45) is 8.05. The summed E-state index contributed by atoms with van der Waals surface area (Å²) in [5.74, 6) is 0. The smallest absolute Gasteiger partial charge is 0.00165 e. The van der Waals surface area contributed by atoms with Gasteiger partial charge in [0.2, 0.25) is 0 Å². The third-order valence-corrected chi connectivity index (χ3v) is 1.95. The van der Waals surface area contributed by atoms with E-state index >= 15 is 0 Å². The SMILES string of the molecule is C=Cc1ccc2c(c1)C[C]=C2. The number of fused-ring (bicyclic) bond motifs is 1. The lowest BCUT2D eigenvalue weighted by molar-refractivity contribution is 1.28. The Kier molecular flexibility index (Phi) is 1.39. The summed E-state index contributed by atoms with van der Waals surface area (Å²) < 4.78 is 0. The molecule has 11 heavy (non-hydrogen) atoms. The van der Waals surface area contributed by atoms with Crippen LogP contribution < -0.4 is 0 Å². The summed E-state index contributed by atoms with van der Waals surface area (Å²) in [7, 11) is 0. The van der Waals surface area contributed by atoms with E-state index in [1.807, 2.05) is 12.2 Å². The molecule has 0 unspecified atom stereocenters. The fourth-order valence-electron chi connectivity index (χ4n) is 1.32. The molecule has 0 heteroatoms. The van der Waals surface area contributed by atoms with Crippen molar-refractivity contribution in [3.8, 4) is 0 Å². The molecular weight excluding hydrogens is 132 g/mol. The molecule has 0 N–H and O–H groups in total. The molecule has 1 aromatic rings. The molecule has 0 aromatic heterocycles. The Morgan fingerprint density at radius 3 is 3.18 bits per heavy atom. The van der Waals surface area contributed by atoms with E-state index in [-0.39, 0.29) is 0 Å². The van der Waals surface area contributed by atoms with Crippen LogP contribution in [-0.2, 0) is 6.42 Å². The zero-order chi connectivity index (χ0) is 7.68. The van der Waals surface area contributed by atoms with Gasteiger partial charge in [0.15, 0.2) is 0 Å². The lowest BCUT2D eigenvalue weighted by Gasteiger charge is -1.98. The third-order valence-electron chi connectivity index (χ3n) is 1.95. The highest BCUT2D eigenvalue weighted by Crippen LogP contribution is 2.20. The fraction of sp³-hybridized carbons (Fsp3) is 0.0909. The largest absolute Gasteiger partial charge is 0.0985 e. The molecule has 1 aliphatic rings. The molecule has 0 aliphatic heterocycles. The molecule has 0 heterocycles. The van der Waals surface area contributed by atoms with Crippen molar-refractivity contribution in [1.29, 1.82) is 0 Å². The first-order valence-corrected chi connectivity index (χ1v) is 3.72. The monoisotopic (exact) mass is 141 g/mol. The van der Waals surface area contributed by atoms with Crippen LogP contribution in [-0.4, -0.2) is 0 Å². The molecule has 0 bridgehead atoms. The van der Waals surface area contributed by atoms with Gasteiger partial charge in [-0.2, -0.15) is 0 Å². The van der Waals surface area contributed by atoms with Gasteiger partial charge in [0, 0.05) is 0 Å². The first-order chi connectivity index (χ1) is 5.40. The van der Waals surface area contributed by atoms with Crippen molar-refractivity contribution < 1.29 is 0 Å². The topological polar surface area (TPSA) is 0 Å². The van der Waals surface area contributed by atoms with Crippen LogP contribution in [0.25, 0.3) is 12.2 Å². The molecule has 0 atom stereocenters. The first-order valence-electron chi connectivity index (χ1n) is 3.72. The standard InChI is InChI=1S/C11H9/c1-2-9-6-7-10-4-3-5-11(10)8-9/h2,4,6-8H,1,5H2. The van der Waals surface area contributed by atoms with Gasteiger partial charge in [-0.1, -0.05) is 36.9 Å². The average Bonchev–Trinajstić information content (AvgIpc) is 2.50. The number of allylic oxidation sites excluding steroid dienone is 1. The highest BCUT2D eigenvalue weighted by atomic mass is 14.1. The Bertz CT molecular complexity index is 319. The van der Waals surface area contributed by atoms with Crippen LogP contribution in [0.15, 0.2) is 24.8 Å². The summed E-state index contributed by atoms with van der Waals surface area (Å²) in [6.45, 7) is 3.73. The van der Waals surface area contributed by atoms with Crippen LogP contribution in [0.4, 0.5) is 0 Å². The normalized spacial score (nSPS) is 13.1. The molecule has 0 fully saturated rings. The molecule has 1 aliphatic carbocycles. The highest BCUT2D eigenvalue weighted by Gasteiger charge is 2.03. The Labute approximate surface area is 66.9 Å². The number of hydrogen-bond donors (Lipinski definition) is 0. The van der Waals surface area contributed by atoms with Gasteiger partial charge in [-0.25, -0.2) is 0 Å². The molecule has 0 saturated heterocycles. The summed E-state index contributed by atoms with van der Waals surface area (Å²) in [6, 6.07) is 6.36. The van der Waals surface area contributed by atoms with E-state index < -0.39 is 0 Å². The maximum absolute atomic E-state index is 3.73. The van der Waals surface area contributed by atoms with Crippen LogP contribution in [0.2, 0.25) is 0 Å². The van der Waals surface area contributed by atoms with Crippen LogP contribution in [0.3, 0.4) is 0 Å². The van der Waals surface area contributed by atoms with Gasteiger partial charge in [0.1, 0.15) is 0 Å². The van der Waals surface area contributed by atoms with E-state index in [4.69, 9.17) is 0 Å². The van der Waals surface area contributed by atoms with Crippen molar-refractivity contribution in [1.82, 2.24) is 0 Å². The Morgan fingerprint density at radius 1 is 1.45 bits per heavy atom. The summed E-state index contributed by atoms with van der Waals surface area (Å²) in [5, 5.41) is 0. The number of rotatable bonds is 1. The zero-order valence-corrected chi connectivity index (χ0v) is 6.30. The highest BCUT2D eigenvalue weighted by molar-refractivity contribution is 5.61. The van der Waals surface area contributed by atoms with E-state index in [1.54, 1.807) is 0 Å². The summed E-state index contributed by atoms with van der Waals surface area (Å²) in [5.41, 5.74) is 3.86. The van der Waals surface area contributed by atoms with Gasteiger partial charge in [-0.3, -0.25) is 0 Å². The van der Waals surface area contributed by atoms with E-state index in [9.17, 15) is 0 Å². The minimum absolute atomic E-state index is 0.955. The van der Waals surface area contributed by atoms with Gasteiger partial charge < -0.3 is 0 Å². The zero-order valence-electron chi connectivity index (χ0n) is 6.30. The van der Waals surface area contributed by atoms with E-state index in [0.29, 0.717) is 0 Å². The number of hydrogen-bond acceptors (Lipinski definition) is 0. The van der Waals surface area contributed by atoms with Crippen molar-refractivity contribution in [2.45, 2.75) is 6.42 Å². The van der Waals surface area contributed by atoms with Crippen molar-refractivity contribution in [2.75, 3.05) is 0 Å². The molecule has 1 radical (unpaired) electrons. The fourth-order valence-corrected chi connectivity index (χ4v) is 1.32. The second kappa shape index (κ2) is 2.39. The average molecular weight is 141 g/mol.